The van der Waals surface area contributed by atoms with Gasteiger partial charge in [-0.05, 0) is 0 Å². The lowest BCUT2D eigenvalue weighted by molar-refractivity contribution is 0.0944. The zero-order chi connectivity index (χ0) is 13.0. The molecule has 0 spiro atoms. The summed E-state index contributed by atoms with van der Waals surface area (Å²) >= 11 is 0. The van der Waals surface area contributed by atoms with Crippen molar-refractivity contribution in [1.29, 1.82) is 0 Å². The van der Waals surface area contributed by atoms with Crippen molar-refractivity contribution in [3.63, 3.8) is 0 Å². The predicted octanol–water partition coefficient (Wildman–Crippen LogP) is 0.624. The van der Waals surface area contributed by atoms with Crippen molar-refractivity contribution in [2.75, 3.05) is 6.54 Å². The van der Waals surface area contributed by atoms with Crippen LogP contribution in [0.4, 0.5) is 0 Å². The zero-order valence-corrected chi connectivity index (χ0v) is 10.4. The number of carbonyl (C=O) groups is 1. The highest BCUT2D eigenvalue weighted by Gasteiger charge is 2.13. The van der Waals surface area contributed by atoms with Crippen LogP contribution in [0.2, 0.25) is 0 Å². The van der Waals surface area contributed by atoms with Gasteiger partial charge >= 0.3 is 0 Å². The number of nitrogens with one attached hydrogen (secondary N) is 3. The Hall–Kier alpha value is -2.18. The summed E-state index contributed by atoms with van der Waals surface area (Å²) in [7, 11) is 0. The smallest absolute Gasteiger partial charge is 0.290 e. The van der Waals surface area contributed by atoms with Gasteiger partial charge in [-0.25, -0.2) is 9.97 Å². The zero-order valence-electron chi connectivity index (χ0n) is 10.4. The molecule has 7 nitrogen and oxygen atoms in total. The fourth-order valence-electron chi connectivity index (χ4n) is 1.45. The van der Waals surface area contributed by atoms with Crippen molar-refractivity contribution in [2.45, 2.75) is 26.2 Å². The monoisotopic (exact) mass is 248 g/mol. The molecule has 0 atom stereocenters. The van der Waals surface area contributed by atoms with Crippen LogP contribution in [-0.4, -0.2) is 37.6 Å². The summed E-state index contributed by atoms with van der Waals surface area (Å²) in [5.41, 5.74) is 0.980. The molecule has 0 aliphatic heterocycles. The van der Waals surface area contributed by atoms with E-state index in [9.17, 15) is 4.79 Å². The number of aromatic amines is 2. The molecule has 1 amide bonds. The van der Waals surface area contributed by atoms with Crippen LogP contribution in [0.5, 0.6) is 0 Å². The second-order valence-electron chi connectivity index (χ2n) is 4.28. The lowest BCUT2D eigenvalue weighted by atomic mass is 10.2. The van der Waals surface area contributed by atoms with Crippen molar-refractivity contribution in [1.82, 2.24) is 30.5 Å². The lowest BCUT2D eigenvalue weighted by Gasteiger charge is -2.00. The van der Waals surface area contributed by atoms with E-state index in [0.29, 0.717) is 18.8 Å². The Labute approximate surface area is 104 Å². The maximum atomic E-state index is 11.7. The van der Waals surface area contributed by atoms with Crippen LogP contribution in [0.1, 0.15) is 41.9 Å². The highest BCUT2D eigenvalue weighted by Crippen LogP contribution is 2.07. The van der Waals surface area contributed by atoms with Gasteiger partial charge in [-0.2, -0.15) is 0 Å². The first-order valence-corrected chi connectivity index (χ1v) is 5.84. The molecule has 0 radical (unpaired) electrons. The highest BCUT2D eigenvalue weighted by atomic mass is 16.2. The fraction of sp³-hybridized carbons (Fsp3) is 0.455. The molecule has 18 heavy (non-hydrogen) atoms. The van der Waals surface area contributed by atoms with E-state index in [1.807, 2.05) is 13.8 Å². The average molecular weight is 248 g/mol. The van der Waals surface area contributed by atoms with Crippen LogP contribution in [0.15, 0.2) is 12.5 Å². The van der Waals surface area contributed by atoms with Gasteiger partial charge in [0.15, 0.2) is 0 Å². The molecule has 0 aliphatic rings. The molecule has 0 aromatic carbocycles. The molecule has 0 fully saturated rings. The number of amides is 1. The van der Waals surface area contributed by atoms with E-state index in [-0.39, 0.29) is 17.6 Å². The number of hydrogen-bond acceptors (Lipinski definition) is 4. The topological polar surface area (TPSA) is 99.3 Å². The summed E-state index contributed by atoms with van der Waals surface area (Å²) in [6.45, 7) is 4.49. The van der Waals surface area contributed by atoms with Crippen LogP contribution in [-0.2, 0) is 6.42 Å². The molecule has 96 valence electrons. The average Bonchev–Trinajstić information content (AvgIpc) is 2.99. The Morgan fingerprint density at radius 2 is 2.33 bits per heavy atom. The molecular formula is C11H16N6O. The van der Waals surface area contributed by atoms with Crippen molar-refractivity contribution in [3.8, 4) is 0 Å². The molecule has 2 aromatic heterocycles. The first kappa shape index (κ1) is 12.3. The fourth-order valence-corrected chi connectivity index (χ4v) is 1.45. The summed E-state index contributed by atoms with van der Waals surface area (Å²) in [4.78, 5) is 22.7. The van der Waals surface area contributed by atoms with E-state index in [1.54, 1.807) is 12.5 Å². The number of H-pyrrole nitrogens is 2. The van der Waals surface area contributed by atoms with Crippen molar-refractivity contribution >= 4 is 5.91 Å². The molecule has 0 unspecified atom stereocenters. The van der Waals surface area contributed by atoms with Crippen molar-refractivity contribution in [2.24, 2.45) is 0 Å². The third kappa shape index (κ3) is 2.93. The van der Waals surface area contributed by atoms with Gasteiger partial charge < -0.3 is 10.3 Å². The Kier molecular flexibility index (Phi) is 3.71. The summed E-state index contributed by atoms with van der Waals surface area (Å²) < 4.78 is 0. The third-order valence-corrected chi connectivity index (χ3v) is 2.49. The van der Waals surface area contributed by atoms with Gasteiger partial charge in [0.2, 0.25) is 5.82 Å². The Balaban J connectivity index is 1.83. The summed E-state index contributed by atoms with van der Waals surface area (Å²) in [6.07, 6.45) is 4.05. The number of carbonyl (C=O) groups excluding carboxylic acids is 1. The first-order valence-electron chi connectivity index (χ1n) is 5.84. The molecule has 0 aliphatic carbocycles. The van der Waals surface area contributed by atoms with E-state index in [0.717, 1.165) is 5.69 Å². The minimum atomic E-state index is -0.266. The normalized spacial score (nSPS) is 10.8. The van der Waals surface area contributed by atoms with Gasteiger partial charge in [0, 0.05) is 30.8 Å². The van der Waals surface area contributed by atoms with Crippen LogP contribution in [0, 0.1) is 0 Å². The van der Waals surface area contributed by atoms with Gasteiger partial charge in [-0.3, -0.25) is 9.89 Å². The van der Waals surface area contributed by atoms with Crippen molar-refractivity contribution in [3.05, 3.63) is 29.9 Å². The maximum Gasteiger partial charge on any atom is 0.290 e. The van der Waals surface area contributed by atoms with E-state index < -0.39 is 0 Å². The van der Waals surface area contributed by atoms with Gasteiger partial charge in [0.05, 0.1) is 6.33 Å². The molecule has 2 aromatic rings. The van der Waals surface area contributed by atoms with Crippen LogP contribution in [0.3, 0.4) is 0 Å². The van der Waals surface area contributed by atoms with Crippen LogP contribution in [0.25, 0.3) is 0 Å². The molecule has 2 rings (SSSR count). The Morgan fingerprint density at radius 1 is 1.50 bits per heavy atom. The molecule has 3 N–H and O–H groups in total. The minimum absolute atomic E-state index is 0.184. The second-order valence-corrected chi connectivity index (χ2v) is 4.28. The van der Waals surface area contributed by atoms with E-state index >= 15 is 0 Å². The van der Waals surface area contributed by atoms with Crippen LogP contribution >= 0.6 is 0 Å². The quantitative estimate of drug-likeness (QED) is 0.722. The summed E-state index contributed by atoms with van der Waals surface area (Å²) in [5, 5.41) is 9.39. The minimum Gasteiger partial charge on any atom is -0.349 e. The first-order chi connectivity index (χ1) is 8.66. The number of aromatic nitrogens is 5. The van der Waals surface area contributed by atoms with Crippen molar-refractivity contribution < 1.29 is 4.79 Å². The van der Waals surface area contributed by atoms with Gasteiger partial charge in [0.1, 0.15) is 5.82 Å². The van der Waals surface area contributed by atoms with Gasteiger partial charge in [0.25, 0.3) is 5.91 Å². The molecule has 0 bridgehead atoms. The second kappa shape index (κ2) is 5.44. The van der Waals surface area contributed by atoms with Gasteiger partial charge in [-0.15, -0.1) is 5.10 Å². The SMILES string of the molecule is CC(C)c1nc(C(=O)NCCc2cnc[nH]2)n[nH]1. The molecule has 7 heteroatoms. The Morgan fingerprint density at radius 3 is 2.94 bits per heavy atom. The standard InChI is InChI=1S/C11H16N6O/c1-7(2)9-15-10(17-16-9)11(18)13-4-3-8-5-12-6-14-8/h5-7H,3-4H2,1-2H3,(H,12,14)(H,13,18)(H,15,16,17). The third-order valence-electron chi connectivity index (χ3n) is 2.49. The highest BCUT2D eigenvalue weighted by molar-refractivity contribution is 5.90. The van der Waals surface area contributed by atoms with Gasteiger partial charge in [-0.1, -0.05) is 13.8 Å². The number of imidazole rings is 1. The maximum absolute atomic E-state index is 11.7. The van der Waals surface area contributed by atoms with E-state index in [1.165, 1.54) is 0 Å². The largest absolute Gasteiger partial charge is 0.349 e. The number of nitrogens with zero attached hydrogens (tertiary/aromatic N) is 3. The van der Waals surface area contributed by atoms with E-state index in [2.05, 4.69) is 30.5 Å². The predicted molar refractivity (Wildman–Crippen MR) is 65.1 cm³/mol. The van der Waals surface area contributed by atoms with Crippen LogP contribution < -0.4 is 5.32 Å². The number of rotatable bonds is 5. The molecule has 0 saturated heterocycles. The lowest BCUT2D eigenvalue weighted by Crippen LogP contribution is -2.26. The summed E-state index contributed by atoms with van der Waals surface area (Å²) in [5.74, 6) is 0.860. The molecular weight excluding hydrogens is 232 g/mol. The van der Waals surface area contributed by atoms with E-state index in [4.69, 9.17) is 0 Å². The number of hydrogen-bond donors (Lipinski definition) is 3. The molecule has 2 heterocycles. The summed E-state index contributed by atoms with van der Waals surface area (Å²) in [6, 6.07) is 0. The Bertz CT molecular complexity index is 501. The molecule has 0 saturated carbocycles.